The molecule has 0 amide bonds. The van der Waals surface area contributed by atoms with Gasteiger partial charge in [0.15, 0.2) is 0 Å². The molecule has 2 atom stereocenters. The molecule has 17 heavy (non-hydrogen) atoms. The predicted molar refractivity (Wildman–Crippen MR) is 66.3 cm³/mol. The molecular formula is C12H16N2O2S. The molecule has 0 aliphatic carbocycles. The average Bonchev–Trinajstić information content (AvgIpc) is 2.96. The van der Waals surface area contributed by atoms with Gasteiger partial charge in [0, 0.05) is 17.9 Å². The van der Waals surface area contributed by atoms with Gasteiger partial charge in [-0.05, 0) is 31.4 Å². The molecule has 0 aromatic carbocycles. The van der Waals surface area contributed by atoms with E-state index < -0.39 is 12.0 Å². The second-order valence-electron chi connectivity index (χ2n) is 4.74. The van der Waals surface area contributed by atoms with Crippen molar-refractivity contribution in [2.24, 2.45) is 0 Å². The molecule has 0 bridgehead atoms. The number of imidazole rings is 1. The van der Waals surface area contributed by atoms with E-state index in [2.05, 4.69) is 4.98 Å². The third kappa shape index (κ3) is 1.97. The lowest BCUT2D eigenvalue weighted by atomic mass is 10.1. The molecule has 0 saturated carbocycles. The van der Waals surface area contributed by atoms with Gasteiger partial charge in [-0.3, -0.25) is 0 Å². The number of aliphatic carboxylic acids is 1. The van der Waals surface area contributed by atoms with Crippen molar-refractivity contribution < 1.29 is 9.90 Å². The van der Waals surface area contributed by atoms with Crippen LogP contribution in [0.15, 0.2) is 6.20 Å². The summed E-state index contributed by atoms with van der Waals surface area (Å²) in [7, 11) is 0. The zero-order valence-electron chi connectivity index (χ0n) is 9.63. The van der Waals surface area contributed by atoms with Crippen LogP contribution in [0, 0.1) is 0 Å². The Morgan fingerprint density at radius 2 is 2.35 bits per heavy atom. The molecule has 1 fully saturated rings. The number of carboxylic acid groups (broad SMARTS) is 1. The van der Waals surface area contributed by atoms with E-state index in [0.717, 1.165) is 30.8 Å². The fraction of sp³-hybridized carbons (Fsp3) is 0.667. The van der Waals surface area contributed by atoms with E-state index in [1.165, 1.54) is 18.6 Å². The van der Waals surface area contributed by atoms with Crippen LogP contribution in [-0.4, -0.2) is 26.4 Å². The van der Waals surface area contributed by atoms with E-state index in [9.17, 15) is 9.90 Å². The Bertz CT molecular complexity index is 438. The monoisotopic (exact) mass is 252 g/mol. The van der Waals surface area contributed by atoms with Gasteiger partial charge in [0.1, 0.15) is 11.9 Å². The van der Waals surface area contributed by atoms with Crippen LogP contribution in [0.4, 0.5) is 0 Å². The largest absolute Gasteiger partial charge is 0.480 e. The highest BCUT2D eigenvalue weighted by Gasteiger charge is 2.29. The highest BCUT2D eigenvalue weighted by atomic mass is 32.2. The highest BCUT2D eigenvalue weighted by molar-refractivity contribution is 7.99. The summed E-state index contributed by atoms with van der Waals surface area (Å²) in [5.74, 6) is 1.44. The summed E-state index contributed by atoms with van der Waals surface area (Å²) in [6, 6.07) is -0.397. The number of carboxylic acids is 1. The van der Waals surface area contributed by atoms with Crippen LogP contribution < -0.4 is 0 Å². The summed E-state index contributed by atoms with van der Waals surface area (Å²) in [5, 5.41) is 9.69. The van der Waals surface area contributed by atoms with E-state index in [1.807, 2.05) is 22.5 Å². The summed E-state index contributed by atoms with van der Waals surface area (Å²) in [4.78, 5) is 15.8. The molecule has 2 aliphatic rings. The van der Waals surface area contributed by atoms with E-state index in [0.29, 0.717) is 5.25 Å². The maximum Gasteiger partial charge on any atom is 0.326 e. The predicted octanol–water partition coefficient (Wildman–Crippen LogP) is 2.41. The van der Waals surface area contributed by atoms with Gasteiger partial charge < -0.3 is 9.67 Å². The van der Waals surface area contributed by atoms with Crippen LogP contribution in [0.3, 0.4) is 0 Å². The van der Waals surface area contributed by atoms with Gasteiger partial charge in [-0.2, -0.15) is 11.8 Å². The number of hydrogen-bond donors (Lipinski definition) is 1. The van der Waals surface area contributed by atoms with Crippen molar-refractivity contribution in [3.63, 3.8) is 0 Å². The van der Waals surface area contributed by atoms with Crippen molar-refractivity contribution >= 4 is 17.7 Å². The minimum absolute atomic E-state index is 0.397. The number of carbonyl (C=O) groups is 1. The SMILES string of the molecule is O=C(O)C1CCCc2nc(C3CCCS3)cn21. The molecule has 1 aromatic rings. The van der Waals surface area contributed by atoms with Gasteiger partial charge in [0.25, 0.3) is 0 Å². The van der Waals surface area contributed by atoms with Crippen molar-refractivity contribution in [2.45, 2.75) is 43.4 Å². The van der Waals surface area contributed by atoms with Crippen LogP contribution in [0.25, 0.3) is 0 Å². The molecule has 1 N–H and O–H groups in total. The van der Waals surface area contributed by atoms with Crippen molar-refractivity contribution in [1.29, 1.82) is 0 Å². The van der Waals surface area contributed by atoms with Crippen LogP contribution in [0.2, 0.25) is 0 Å². The normalized spacial score (nSPS) is 28.0. The highest BCUT2D eigenvalue weighted by Crippen LogP contribution is 2.40. The molecule has 1 saturated heterocycles. The maximum atomic E-state index is 11.2. The van der Waals surface area contributed by atoms with E-state index in [1.54, 1.807) is 0 Å². The lowest BCUT2D eigenvalue weighted by Gasteiger charge is -2.20. The third-order valence-corrected chi connectivity index (χ3v) is 4.99. The molecule has 2 aliphatic heterocycles. The Labute approximate surface area is 104 Å². The molecule has 92 valence electrons. The molecule has 0 radical (unpaired) electrons. The van der Waals surface area contributed by atoms with Gasteiger partial charge in [0.2, 0.25) is 0 Å². The number of thioether (sulfide) groups is 1. The first-order valence-electron chi connectivity index (χ1n) is 6.18. The first-order chi connectivity index (χ1) is 8.25. The van der Waals surface area contributed by atoms with Crippen molar-refractivity contribution in [3.8, 4) is 0 Å². The second kappa shape index (κ2) is 4.37. The Hall–Kier alpha value is -0.970. The molecular weight excluding hydrogens is 236 g/mol. The van der Waals surface area contributed by atoms with Gasteiger partial charge in [0.05, 0.1) is 5.69 Å². The minimum Gasteiger partial charge on any atom is -0.480 e. The lowest BCUT2D eigenvalue weighted by Crippen LogP contribution is -2.24. The molecule has 3 heterocycles. The second-order valence-corrected chi connectivity index (χ2v) is 6.05. The summed E-state index contributed by atoms with van der Waals surface area (Å²) >= 11 is 1.95. The van der Waals surface area contributed by atoms with Gasteiger partial charge in [-0.1, -0.05) is 0 Å². The topological polar surface area (TPSA) is 55.1 Å². The molecule has 5 heteroatoms. The molecule has 0 spiro atoms. The number of hydrogen-bond acceptors (Lipinski definition) is 3. The molecule has 4 nitrogen and oxygen atoms in total. The fourth-order valence-electron chi connectivity index (χ4n) is 2.71. The molecule has 3 rings (SSSR count). The zero-order chi connectivity index (χ0) is 11.8. The minimum atomic E-state index is -0.728. The Balaban J connectivity index is 1.92. The van der Waals surface area contributed by atoms with Gasteiger partial charge in [-0.15, -0.1) is 0 Å². The number of rotatable bonds is 2. The van der Waals surface area contributed by atoms with E-state index >= 15 is 0 Å². The zero-order valence-corrected chi connectivity index (χ0v) is 10.4. The summed E-state index contributed by atoms with van der Waals surface area (Å²) < 4.78 is 1.89. The van der Waals surface area contributed by atoms with Gasteiger partial charge in [-0.25, -0.2) is 9.78 Å². The Morgan fingerprint density at radius 3 is 3.06 bits per heavy atom. The average molecular weight is 252 g/mol. The molecule has 2 unspecified atom stereocenters. The summed E-state index contributed by atoms with van der Waals surface area (Å²) in [6.45, 7) is 0. The number of aromatic nitrogens is 2. The van der Waals surface area contributed by atoms with Crippen molar-refractivity contribution in [3.05, 3.63) is 17.7 Å². The summed E-state index contributed by atoms with van der Waals surface area (Å²) in [5.41, 5.74) is 1.09. The van der Waals surface area contributed by atoms with Gasteiger partial charge >= 0.3 is 5.97 Å². The maximum absolute atomic E-state index is 11.2. The Morgan fingerprint density at radius 1 is 1.47 bits per heavy atom. The first-order valence-corrected chi connectivity index (χ1v) is 7.22. The van der Waals surface area contributed by atoms with E-state index in [4.69, 9.17) is 0 Å². The standard InChI is InChI=1S/C12H16N2O2S/c15-12(16)9-3-1-5-11-13-8(7-14(9)11)10-4-2-6-17-10/h7,9-10H,1-6H2,(H,15,16). The summed E-state index contributed by atoms with van der Waals surface area (Å²) in [6.07, 6.45) is 7.00. The fourth-order valence-corrected chi connectivity index (χ4v) is 3.94. The van der Waals surface area contributed by atoms with Crippen LogP contribution >= 0.6 is 11.8 Å². The smallest absolute Gasteiger partial charge is 0.326 e. The number of aryl methyl sites for hydroxylation is 1. The number of fused-ring (bicyclic) bond motifs is 1. The first kappa shape index (κ1) is 11.1. The van der Waals surface area contributed by atoms with Crippen molar-refractivity contribution in [1.82, 2.24) is 9.55 Å². The van der Waals surface area contributed by atoms with E-state index in [-0.39, 0.29) is 0 Å². The van der Waals surface area contributed by atoms with Crippen LogP contribution in [-0.2, 0) is 11.2 Å². The third-order valence-electron chi connectivity index (χ3n) is 3.59. The number of nitrogens with zero attached hydrogens (tertiary/aromatic N) is 2. The Kier molecular flexibility index (Phi) is 2.86. The van der Waals surface area contributed by atoms with Crippen molar-refractivity contribution in [2.75, 3.05) is 5.75 Å². The lowest BCUT2D eigenvalue weighted by molar-refractivity contribution is -0.141. The van der Waals surface area contributed by atoms with Crippen LogP contribution in [0.5, 0.6) is 0 Å². The molecule has 1 aromatic heterocycles. The quantitative estimate of drug-likeness (QED) is 0.878. The van der Waals surface area contributed by atoms with Crippen LogP contribution in [0.1, 0.15) is 48.5 Å².